The fourth-order valence-corrected chi connectivity index (χ4v) is 3.72. The number of rotatable bonds is 8. The van der Waals surface area contributed by atoms with Gasteiger partial charge in [0.05, 0.1) is 6.61 Å². The van der Waals surface area contributed by atoms with E-state index in [1.165, 1.54) is 0 Å². The Morgan fingerprint density at radius 1 is 1.31 bits per heavy atom. The molecule has 0 aliphatic carbocycles. The van der Waals surface area contributed by atoms with Crippen molar-refractivity contribution in [3.05, 3.63) is 40.8 Å². The van der Waals surface area contributed by atoms with Gasteiger partial charge in [-0.2, -0.15) is 0 Å². The molecule has 0 aromatic heterocycles. The minimum atomic E-state index is -0.819. The summed E-state index contributed by atoms with van der Waals surface area (Å²) in [7, 11) is 0. The molecular weight excluding hydrogens is 378 g/mol. The largest absolute Gasteiger partial charge is 0.464 e. The van der Waals surface area contributed by atoms with Crippen molar-refractivity contribution >= 4 is 36.2 Å². The van der Waals surface area contributed by atoms with Crippen molar-refractivity contribution in [3.8, 4) is 0 Å². The van der Waals surface area contributed by atoms with E-state index in [2.05, 4.69) is 15.2 Å². The molecule has 0 saturated carbocycles. The Labute approximate surface area is 163 Å². The molecular formula is C17H24ClN3O4S. The minimum absolute atomic E-state index is 0. The summed E-state index contributed by atoms with van der Waals surface area (Å²) in [5, 5.41) is 5.99. The fraction of sp³-hybridized carbons (Fsp3) is 0.529. The zero-order valence-electron chi connectivity index (χ0n) is 14.6. The highest BCUT2D eigenvalue weighted by Gasteiger charge is 2.39. The molecule has 1 aromatic rings. The van der Waals surface area contributed by atoms with Gasteiger partial charge in [0.25, 0.3) is 5.91 Å². The van der Waals surface area contributed by atoms with Gasteiger partial charge in [-0.05, 0) is 51.4 Å². The standard InChI is InChI=1S/C17H23N3O4S.ClH/c1-2-24-16(22)14(19-15(21)13-6-4-3-5-7-13)12-17(25-20-23)8-10-18-11-9-17;/h3-7,14,18H,2,8-12H2,1H3,(H,19,21);1H. The molecule has 0 spiro atoms. The molecule has 2 N–H and O–H groups in total. The third-order valence-electron chi connectivity index (χ3n) is 4.23. The van der Waals surface area contributed by atoms with Crippen molar-refractivity contribution in [2.24, 2.45) is 4.58 Å². The summed E-state index contributed by atoms with van der Waals surface area (Å²) < 4.78 is 7.64. The summed E-state index contributed by atoms with van der Waals surface area (Å²) in [6.07, 6.45) is 1.70. The van der Waals surface area contributed by atoms with Gasteiger partial charge in [-0.25, -0.2) is 4.79 Å². The first kappa shape index (κ1) is 22.4. The lowest BCUT2D eigenvalue weighted by Crippen LogP contribution is -2.49. The van der Waals surface area contributed by atoms with Crippen molar-refractivity contribution in [1.29, 1.82) is 0 Å². The van der Waals surface area contributed by atoms with E-state index in [0.29, 0.717) is 24.8 Å². The molecule has 2 rings (SSSR count). The first-order chi connectivity index (χ1) is 12.1. The predicted molar refractivity (Wildman–Crippen MR) is 104 cm³/mol. The summed E-state index contributed by atoms with van der Waals surface area (Å²) in [5.74, 6) is -0.831. The van der Waals surface area contributed by atoms with Gasteiger partial charge in [-0.1, -0.05) is 18.2 Å². The smallest absolute Gasteiger partial charge is 0.328 e. The molecule has 144 valence electrons. The first-order valence-corrected chi connectivity index (χ1v) is 9.11. The molecule has 1 fully saturated rings. The van der Waals surface area contributed by atoms with E-state index in [-0.39, 0.29) is 24.9 Å². The lowest BCUT2D eigenvalue weighted by atomic mass is 9.89. The number of esters is 1. The zero-order valence-corrected chi connectivity index (χ0v) is 16.2. The van der Waals surface area contributed by atoms with Crippen molar-refractivity contribution in [1.82, 2.24) is 10.6 Å². The molecule has 1 atom stereocenters. The summed E-state index contributed by atoms with van der Waals surface area (Å²) >= 11 is 0.957. The maximum absolute atomic E-state index is 12.4. The van der Waals surface area contributed by atoms with Crippen molar-refractivity contribution in [2.75, 3.05) is 19.7 Å². The quantitative estimate of drug-likeness (QED) is 0.395. The van der Waals surface area contributed by atoms with Crippen LogP contribution in [0.5, 0.6) is 0 Å². The maximum Gasteiger partial charge on any atom is 0.328 e. The number of carbonyl (C=O) groups is 2. The van der Waals surface area contributed by atoms with Crippen LogP contribution in [0.25, 0.3) is 0 Å². The average Bonchev–Trinajstić information content (AvgIpc) is 2.63. The number of amides is 1. The topological polar surface area (TPSA) is 96.9 Å². The van der Waals surface area contributed by atoms with Gasteiger partial charge in [-0.3, -0.25) is 4.79 Å². The first-order valence-electron chi connectivity index (χ1n) is 8.34. The number of halogens is 1. The summed E-state index contributed by atoms with van der Waals surface area (Å²) in [4.78, 5) is 35.7. The second-order valence-corrected chi connectivity index (χ2v) is 7.14. The Morgan fingerprint density at radius 2 is 1.96 bits per heavy atom. The van der Waals surface area contributed by atoms with Crippen LogP contribution in [-0.4, -0.2) is 42.4 Å². The van der Waals surface area contributed by atoms with Gasteiger partial charge >= 0.3 is 5.97 Å². The SMILES string of the molecule is CCOC(=O)C(CC1(SN=O)CCNCC1)NC(=O)c1ccccc1.Cl. The second kappa shape index (κ2) is 11.2. The minimum Gasteiger partial charge on any atom is -0.464 e. The maximum atomic E-state index is 12.4. The number of ether oxygens (including phenoxy) is 1. The van der Waals surface area contributed by atoms with Crippen molar-refractivity contribution in [3.63, 3.8) is 0 Å². The van der Waals surface area contributed by atoms with Gasteiger partial charge in [0.2, 0.25) is 0 Å². The van der Waals surface area contributed by atoms with E-state index in [0.717, 1.165) is 25.0 Å². The molecule has 0 bridgehead atoms. The predicted octanol–water partition coefficient (Wildman–Crippen LogP) is 2.70. The average molecular weight is 402 g/mol. The monoisotopic (exact) mass is 401 g/mol. The molecule has 26 heavy (non-hydrogen) atoms. The highest BCUT2D eigenvalue weighted by molar-refractivity contribution is 7.99. The molecule has 0 radical (unpaired) electrons. The van der Waals surface area contributed by atoms with Gasteiger partial charge < -0.3 is 15.4 Å². The van der Waals surface area contributed by atoms with E-state index in [4.69, 9.17) is 4.74 Å². The van der Waals surface area contributed by atoms with Crippen LogP contribution >= 0.6 is 24.4 Å². The third-order valence-corrected chi connectivity index (χ3v) is 5.27. The van der Waals surface area contributed by atoms with Crippen LogP contribution in [0.15, 0.2) is 34.9 Å². The van der Waals surface area contributed by atoms with Crippen LogP contribution in [0, 0.1) is 4.91 Å². The Hall–Kier alpha value is -1.64. The van der Waals surface area contributed by atoms with Crippen molar-refractivity contribution in [2.45, 2.75) is 37.0 Å². The Balaban J connectivity index is 0.00000338. The van der Waals surface area contributed by atoms with E-state index >= 15 is 0 Å². The molecule has 1 amide bonds. The summed E-state index contributed by atoms with van der Waals surface area (Å²) in [5.41, 5.74) is 0.470. The van der Waals surface area contributed by atoms with Crippen LogP contribution in [0.2, 0.25) is 0 Å². The summed E-state index contributed by atoms with van der Waals surface area (Å²) in [6.45, 7) is 3.43. The van der Waals surface area contributed by atoms with E-state index in [1.54, 1.807) is 31.2 Å². The second-order valence-electron chi connectivity index (χ2n) is 5.95. The van der Waals surface area contributed by atoms with Crippen molar-refractivity contribution < 1.29 is 14.3 Å². The van der Waals surface area contributed by atoms with E-state index in [9.17, 15) is 14.5 Å². The lowest BCUT2D eigenvalue weighted by molar-refractivity contribution is -0.145. The van der Waals surface area contributed by atoms with Gasteiger partial charge in [0.15, 0.2) is 0 Å². The molecule has 1 unspecified atom stereocenters. The molecule has 1 aromatic carbocycles. The number of benzene rings is 1. The van der Waals surface area contributed by atoms with Crippen LogP contribution < -0.4 is 10.6 Å². The Morgan fingerprint density at radius 3 is 2.54 bits per heavy atom. The molecule has 7 nitrogen and oxygen atoms in total. The van der Waals surface area contributed by atoms with Crippen LogP contribution in [0.3, 0.4) is 0 Å². The number of carbonyl (C=O) groups excluding carboxylic acids is 2. The van der Waals surface area contributed by atoms with E-state index in [1.807, 2.05) is 6.07 Å². The van der Waals surface area contributed by atoms with Crippen LogP contribution in [0.1, 0.15) is 36.5 Å². The number of hydrogen-bond donors (Lipinski definition) is 2. The molecule has 1 heterocycles. The van der Waals surface area contributed by atoms with Crippen LogP contribution in [0.4, 0.5) is 0 Å². The third kappa shape index (κ3) is 6.26. The molecule has 1 aliphatic heterocycles. The number of hydrogen-bond acceptors (Lipinski definition) is 7. The molecule has 9 heteroatoms. The zero-order chi connectivity index (χ0) is 18.1. The van der Waals surface area contributed by atoms with E-state index < -0.39 is 16.8 Å². The number of nitrogens with one attached hydrogen (secondary N) is 2. The van der Waals surface area contributed by atoms with Crippen LogP contribution in [-0.2, 0) is 9.53 Å². The molecule has 1 aliphatic rings. The highest BCUT2D eigenvalue weighted by atomic mass is 35.5. The summed E-state index contributed by atoms with van der Waals surface area (Å²) in [6, 6.07) is 7.87. The number of piperidine rings is 1. The normalized spacial score (nSPS) is 16.7. The number of nitrogens with zero attached hydrogens (tertiary/aromatic N) is 1. The number of nitroso groups, excluding NO2 is 1. The Bertz CT molecular complexity index is 597. The van der Waals surface area contributed by atoms with Gasteiger partial charge in [-0.15, -0.1) is 17.3 Å². The van der Waals surface area contributed by atoms with Gasteiger partial charge in [0.1, 0.15) is 6.04 Å². The Kier molecular flexibility index (Phi) is 9.61. The molecule has 1 saturated heterocycles. The lowest BCUT2D eigenvalue weighted by Gasteiger charge is -2.36. The van der Waals surface area contributed by atoms with Gasteiger partial charge in [0, 0.05) is 26.8 Å². The fourth-order valence-electron chi connectivity index (χ4n) is 2.93. The highest BCUT2D eigenvalue weighted by Crippen LogP contribution is 2.39.